The van der Waals surface area contributed by atoms with Crippen molar-refractivity contribution in [1.82, 2.24) is 14.8 Å². The van der Waals surface area contributed by atoms with Gasteiger partial charge in [-0.05, 0) is 44.7 Å². The molecule has 3 rings (SSSR count). The van der Waals surface area contributed by atoms with Gasteiger partial charge in [0.15, 0.2) is 0 Å². The number of rotatable bonds is 3. The Morgan fingerprint density at radius 2 is 2.17 bits per heavy atom. The van der Waals surface area contributed by atoms with E-state index in [4.69, 9.17) is 0 Å². The first-order valence-corrected chi connectivity index (χ1v) is 8.50. The summed E-state index contributed by atoms with van der Waals surface area (Å²) in [4.78, 5) is 33.3. The van der Waals surface area contributed by atoms with E-state index in [9.17, 15) is 9.59 Å². The molecule has 2 amide bonds. The molecule has 0 bridgehead atoms. The maximum absolute atomic E-state index is 12.9. The van der Waals surface area contributed by atoms with Gasteiger partial charge in [-0.3, -0.25) is 14.6 Å². The summed E-state index contributed by atoms with van der Waals surface area (Å²) < 4.78 is 0. The minimum absolute atomic E-state index is 0.101. The molecule has 0 N–H and O–H groups in total. The third kappa shape index (κ3) is 3.09. The number of carbonyl (C=O) groups is 2. The van der Waals surface area contributed by atoms with Crippen molar-refractivity contribution >= 4 is 11.8 Å². The molecule has 2 saturated heterocycles. The van der Waals surface area contributed by atoms with Crippen molar-refractivity contribution in [3.05, 3.63) is 30.1 Å². The van der Waals surface area contributed by atoms with E-state index in [0.717, 1.165) is 31.4 Å². The van der Waals surface area contributed by atoms with Gasteiger partial charge in [-0.2, -0.15) is 0 Å². The maximum Gasteiger partial charge on any atom is 0.230 e. The molecule has 2 aliphatic rings. The first kappa shape index (κ1) is 16.0. The van der Waals surface area contributed by atoms with Crippen molar-refractivity contribution < 1.29 is 9.59 Å². The van der Waals surface area contributed by atoms with Crippen LogP contribution in [0.3, 0.4) is 0 Å². The number of carbonyl (C=O) groups excluding carboxylic acids is 2. The molecule has 2 aliphatic heterocycles. The molecule has 2 fully saturated rings. The maximum atomic E-state index is 12.9. The minimum Gasteiger partial charge on any atom is -0.341 e. The van der Waals surface area contributed by atoms with Gasteiger partial charge in [-0.1, -0.05) is 6.07 Å². The summed E-state index contributed by atoms with van der Waals surface area (Å²) in [5.41, 5.74) is 0.588. The third-order valence-corrected chi connectivity index (χ3v) is 5.18. The van der Waals surface area contributed by atoms with Crippen LogP contribution in [-0.2, 0) is 16.0 Å². The van der Waals surface area contributed by atoms with Crippen LogP contribution in [0.25, 0.3) is 0 Å². The Hall–Kier alpha value is -1.91. The van der Waals surface area contributed by atoms with Gasteiger partial charge in [0, 0.05) is 38.1 Å². The fraction of sp³-hybridized carbons (Fsp3) is 0.611. The second-order valence-corrected chi connectivity index (χ2v) is 7.08. The van der Waals surface area contributed by atoms with Crippen molar-refractivity contribution in [2.45, 2.75) is 45.6 Å². The van der Waals surface area contributed by atoms with Gasteiger partial charge in [-0.15, -0.1) is 0 Å². The van der Waals surface area contributed by atoms with Crippen molar-refractivity contribution in [2.24, 2.45) is 5.41 Å². The van der Waals surface area contributed by atoms with E-state index in [1.54, 1.807) is 12.4 Å². The molecule has 5 nitrogen and oxygen atoms in total. The van der Waals surface area contributed by atoms with Crippen LogP contribution in [0.4, 0.5) is 0 Å². The number of amides is 2. The van der Waals surface area contributed by atoms with Crippen molar-refractivity contribution in [1.29, 1.82) is 0 Å². The molecule has 0 aliphatic carbocycles. The molecular formula is C18H25N3O2. The Morgan fingerprint density at radius 1 is 1.35 bits per heavy atom. The number of piperidine rings is 1. The highest BCUT2D eigenvalue weighted by Gasteiger charge is 2.49. The first-order valence-electron chi connectivity index (χ1n) is 8.50. The average molecular weight is 315 g/mol. The van der Waals surface area contributed by atoms with Crippen molar-refractivity contribution in [3.63, 3.8) is 0 Å². The standard InChI is InChI=1S/C18H25N3O2/c1-14(2)21-9-4-6-18(17(21)23)7-10-20(13-18)16(22)11-15-5-3-8-19-12-15/h3,5,8,12,14H,4,6-7,9-11,13H2,1-2H3/t18-/m1/s1. The second kappa shape index (κ2) is 6.30. The Labute approximate surface area is 137 Å². The lowest BCUT2D eigenvalue weighted by molar-refractivity contribution is -0.148. The minimum atomic E-state index is -0.340. The fourth-order valence-electron chi connectivity index (χ4n) is 3.85. The Balaban J connectivity index is 1.67. The molecule has 124 valence electrons. The summed E-state index contributed by atoms with van der Waals surface area (Å²) in [6.07, 6.45) is 6.55. The summed E-state index contributed by atoms with van der Waals surface area (Å²) in [6, 6.07) is 4.00. The Morgan fingerprint density at radius 3 is 2.87 bits per heavy atom. The number of hydrogen-bond acceptors (Lipinski definition) is 3. The van der Waals surface area contributed by atoms with Gasteiger partial charge in [0.05, 0.1) is 11.8 Å². The predicted molar refractivity (Wildman–Crippen MR) is 87.7 cm³/mol. The van der Waals surface area contributed by atoms with E-state index in [1.807, 2.05) is 21.9 Å². The van der Waals surface area contributed by atoms with E-state index in [1.165, 1.54) is 0 Å². The topological polar surface area (TPSA) is 53.5 Å². The quantitative estimate of drug-likeness (QED) is 0.856. The smallest absolute Gasteiger partial charge is 0.230 e. The first-order chi connectivity index (χ1) is 11.0. The molecule has 1 aromatic heterocycles. The highest BCUT2D eigenvalue weighted by molar-refractivity contribution is 5.86. The number of likely N-dealkylation sites (tertiary alicyclic amines) is 2. The van der Waals surface area contributed by atoms with Crippen LogP contribution in [0, 0.1) is 5.41 Å². The van der Waals surface area contributed by atoms with Crippen LogP contribution < -0.4 is 0 Å². The molecule has 0 aromatic carbocycles. The molecule has 0 radical (unpaired) electrons. The molecule has 1 spiro atoms. The van der Waals surface area contributed by atoms with Gasteiger partial charge in [0.2, 0.25) is 11.8 Å². The van der Waals surface area contributed by atoms with E-state index in [-0.39, 0.29) is 23.3 Å². The van der Waals surface area contributed by atoms with Crippen LogP contribution >= 0.6 is 0 Å². The summed E-state index contributed by atoms with van der Waals surface area (Å²) in [5, 5.41) is 0. The molecule has 23 heavy (non-hydrogen) atoms. The van der Waals surface area contributed by atoms with E-state index in [0.29, 0.717) is 19.5 Å². The fourth-order valence-corrected chi connectivity index (χ4v) is 3.85. The molecule has 0 saturated carbocycles. The molecule has 3 heterocycles. The van der Waals surface area contributed by atoms with E-state index < -0.39 is 0 Å². The van der Waals surface area contributed by atoms with E-state index in [2.05, 4.69) is 18.8 Å². The second-order valence-electron chi connectivity index (χ2n) is 7.08. The van der Waals surface area contributed by atoms with Gasteiger partial charge in [0.1, 0.15) is 0 Å². The number of hydrogen-bond donors (Lipinski definition) is 0. The van der Waals surface area contributed by atoms with E-state index >= 15 is 0 Å². The summed E-state index contributed by atoms with van der Waals surface area (Å²) in [5.74, 6) is 0.347. The number of nitrogens with zero attached hydrogens (tertiary/aromatic N) is 3. The summed E-state index contributed by atoms with van der Waals surface area (Å²) >= 11 is 0. The zero-order valence-corrected chi connectivity index (χ0v) is 14.0. The lowest BCUT2D eigenvalue weighted by Gasteiger charge is -2.41. The van der Waals surface area contributed by atoms with Crippen molar-refractivity contribution in [3.8, 4) is 0 Å². The Bertz CT molecular complexity index is 587. The summed E-state index contributed by atoms with van der Waals surface area (Å²) in [7, 11) is 0. The summed E-state index contributed by atoms with van der Waals surface area (Å²) in [6.45, 7) is 6.25. The largest absolute Gasteiger partial charge is 0.341 e. The molecule has 0 unspecified atom stereocenters. The zero-order chi connectivity index (χ0) is 16.4. The van der Waals surface area contributed by atoms with Crippen LogP contribution in [0.1, 0.15) is 38.7 Å². The molecule has 5 heteroatoms. The van der Waals surface area contributed by atoms with Gasteiger partial charge < -0.3 is 9.80 Å². The third-order valence-electron chi connectivity index (χ3n) is 5.18. The Kier molecular flexibility index (Phi) is 4.37. The lowest BCUT2D eigenvalue weighted by atomic mass is 9.78. The monoisotopic (exact) mass is 315 g/mol. The van der Waals surface area contributed by atoms with Crippen LogP contribution in [0.15, 0.2) is 24.5 Å². The molecule has 1 aromatic rings. The van der Waals surface area contributed by atoms with Crippen LogP contribution in [0.5, 0.6) is 0 Å². The zero-order valence-electron chi connectivity index (χ0n) is 14.0. The van der Waals surface area contributed by atoms with Crippen LogP contribution in [0.2, 0.25) is 0 Å². The lowest BCUT2D eigenvalue weighted by Crippen LogP contribution is -2.52. The number of pyridine rings is 1. The normalized spacial score (nSPS) is 24.7. The SMILES string of the molecule is CC(C)N1CCC[C@]2(CCN(C(=O)Cc3cccnc3)C2)C1=O. The van der Waals surface area contributed by atoms with Gasteiger partial charge >= 0.3 is 0 Å². The average Bonchev–Trinajstić information content (AvgIpc) is 2.96. The number of aromatic nitrogens is 1. The highest BCUT2D eigenvalue weighted by Crippen LogP contribution is 2.40. The predicted octanol–water partition coefficient (Wildman–Crippen LogP) is 1.87. The highest BCUT2D eigenvalue weighted by atomic mass is 16.2. The molecule has 1 atom stereocenters. The van der Waals surface area contributed by atoms with Gasteiger partial charge in [0.25, 0.3) is 0 Å². The van der Waals surface area contributed by atoms with Crippen LogP contribution in [-0.4, -0.2) is 52.3 Å². The van der Waals surface area contributed by atoms with Crippen molar-refractivity contribution in [2.75, 3.05) is 19.6 Å². The molecular weight excluding hydrogens is 290 g/mol. The van der Waals surface area contributed by atoms with Gasteiger partial charge in [-0.25, -0.2) is 0 Å².